The third kappa shape index (κ3) is 4.32. The quantitative estimate of drug-likeness (QED) is 0.163. The third-order valence-electron chi connectivity index (χ3n) is 10.9. The average molecular weight is 690 g/mol. The molecule has 0 saturated carbocycles. The summed E-state index contributed by atoms with van der Waals surface area (Å²) in [5.41, 5.74) is 8.49. The first-order valence-electron chi connectivity index (χ1n) is 17.6. The molecule has 0 N–H and O–H groups in total. The minimum absolute atomic E-state index is 0.178. The summed E-state index contributed by atoms with van der Waals surface area (Å²) in [4.78, 5) is 2.51. The Hall–Kier alpha value is -5.48. The van der Waals surface area contributed by atoms with Gasteiger partial charge in [0, 0.05) is 57.8 Å². The first kappa shape index (κ1) is 30.4. The fourth-order valence-electron chi connectivity index (χ4n) is 8.63. The van der Waals surface area contributed by atoms with Crippen LogP contribution in [0.2, 0.25) is 0 Å². The Balaban J connectivity index is 1.29. The molecular formula is C48H35NS2. The molecule has 1 aliphatic carbocycles. The van der Waals surface area contributed by atoms with E-state index in [1.165, 1.54) is 89.8 Å². The summed E-state index contributed by atoms with van der Waals surface area (Å²) in [6.07, 6.45) is 6.43. The second kappa shape index (κ2) is 11.3. The van der Waals surface area contributed by atoms with E-state index in [0.29, 0.717) is 0 Å². The number of allylic oxidation sites excluding steroid dienone is 5. The number of thiophene rings is 2. The van der Waals surface area contributed by atoms with Gasteiger partial charge in [-0.05, 0) is 87.8 Å². The van der Waals surface area contributed by atoms with Crippen molar-refractivity contribution in [1.82, 2.24) is 0 Å². The van der Waals surface area contributed by atoms with Crippen molar-refractivity contribution in [2.75, 3.05) is 4.90 Å². The van der Waals surface area contributed by atoms with E-state index in [0.717, 1.165) is 11.4 Å². The summed E-state index contributed by atoms with van der Waals surface area (Å²) in [6, 6.07) is 47.6. The van der Waals surface area contributed by atoms with Gasteiger partial charge >= 0.3 is 0 Å². The van der Waals surface area contributed by atoms with Crippen molar-refractivity contribution in [3.8, 4) is 0 Å². The number of hydrogen-bond donors (Lipinski definition) is 0. The highest BCUT2D eigenvalue weighted by molar-refractivity contribution is 7.27. The van der Waals surface area contributed by atoms with E-state index in [1.807, 2.05) is 22.7 Å². The van der Waals surface area contributed by atoms with E-state index >= 15 is 0 Å². The van der Waals surface area contributed by atoms with E-state index < -0.39 is 0 Å². The molecule has 1 nitrogen and oxygen atoms in total. The summed E-state index contributed by atoms with van der Waals surface area (Å²) in [5, 5.41) is 10.5. The molecule has 0 radical (unpaired) electrons. The summed E-state index contributed by atoms with van der Waals surface area (Å²) in [6.45, 7) is 11.0. The molecule has 0 spiro atoms. The van der Waals surface area contributed by atoms with Crippen LogP contribution in [0.15, 0.2) is 158 Å². The molecule has 0 unspecified atom stereocenters. The Morgan fingerprint density at radius 3 is 2.02 bits per heavy atom. The predicted molar refractivity (Wildman–Crippen MR) is 227 cm³/mol. The zero-order valence-electron chi connectivity index (χ0n) is 28.8. The highest BCUT2D eigenvalue weighted by Gasteiger charge is 2.36. The second-order valence-electron chi connectivity index (χ2n) is 14.1. The first-order valence-corrected chi connectivity index (χ1v) is 19.2. The molecule has 0 atom stereocenters. The maximum atomic E-state index is 4.25. The lowest BCUT2D eigenvalue weighted by molar-refractivity contribution is 0.654. The molecule has 244 valence electrons. The molecule has 2 aromatic heterocycles. The van der Waals surface area contributed by atoms with Crippen molar-refractivity contribution < 1.29 is 0 Å². The van der Waals surface area contributed by atoms with Gasteiger partial charge in [0.15, 0.2) is 0 Å². The zero-order valence-corrected chi connectivity index (χ0v) is 30.5. The molecule has 2 heterocycles. The predicted octanol–water partition coefficient (Wildman–Crippen LogP) is 15.0. The van der Waals surface area contributed by atoms with Crippen molar-refractivity contribution >= 4 is 107 Å². The SMILES string of the molecule is C=CC1=C(/C=C\C)c2ccc(N(c3ccc4sc5ccccc5c4c3)c3cccc4c3sc3c5ccccc5c5ccccc5c43)cc2C1(C)C. The molecule has 0 bridgehead atoms. The van der Waals surface area contributed by atoms with Crippen LogP contribution >= 0.6 is 22.7 Å². The second-order valence-corrected chi connectivity index (χ2v) is 16.2. The molecule has 0 saturated heterocycles. The molecular weight excluding hydrogens is 655 g/mol. The maximum absolute atomic E-state index is 4.25. The largest absolute Gasteiger partial charge is 0.309 e. The van der Waals surface area contributed by atoms with E-state index in [2.05, 4.69) is 178 Å². The summed E-state index contributed by atoms with van der Waals surface area (Å²) < 4.78 is 5.27. The minimum Gasteiger partial charge on any atom is -0.309 e. The standard InChI is InChI=1S/C48H35NS2/c1-5-14-33-34-25-23-30(28-41(34)48(3,4)40(33)6-2)49(29-24-26-44-39(27-29)35-17-11-12-22-43(35)50-44)42-21-13-20-38-45-36-18-9-7-15-31(36)32-16-8-10-19-37(32)47(45)51-46(38)42/h5-28H,2H2,1,3-4H3/b14-5-. The van der Waals surface area contributed by atoms with Gasteiger partial charge in [-0.1, -0.05) is 124 Å². The van der Waals surface area contributed by atoms with Crippen molar-refractivity contribution in [3.63, 3.8) is 0 Å². The van der Waals surface area contributed by atoms with E-state index in [1.54, 1.807) is 0 Å². The van der Waals surface area contributed by atoms with Crippen LogP contribution in [0, 0.1) is 0 Å². The molecule has 1 aliphatic rings. The Morgan fingerprint density at radius 1 is 0.588 bits per heavy atom. The normalized spacial score (nSPS) is 14.3. The fourth-order valence-corrected chi connectivity index (χ4v) is 11.1. The molecule has 9 aromatic rings. The first-order chi connectivity index (χ1) is 25.0. The Morgan fingerprint density at radius 2 is 1.24 bits per heavy atom. The van der Waals surface area contributed by atoms with Crippen LogP contribution in [-0.4, -0.2) is 0 Å². The van der Waals surface area contributed by atoms with Crippen LogP contribution in [0.25, 0.3) is 67.5 Å². The number of fused-ring (bicyclic) bond motifs is 12. The van der Waals surface area contributed by atoms with Gasteiger partial charge in [-0.2, -0.15) is 0 Å². The molecule has 0 fully saturated rings. The maximum Gasteiger partial charge on any atom is 0.0640 e. The number of benzene rings is 7. The molecule has 0 aliphatic heterocycles. The van der Waals surface area contributed by atoms with E-state index in [9.17, 15) is 0 Å². The number of anilines is 3. The molecule has 7 aromatic carbocycles. The number of rotatable bonds is 5. The Kier molecular flexibility index (Phi) is 6.70. The van der Waals surface area contributed by atoms with Crippen molar-refractivity contribution in [1.29, 1.82) is 0 Å². The third-order valence-corrected chi connectivity index (χ3v) is 13.4. The average Bonchev–Trinajstić information content (AvgIpc) is 3.80. The highest BCUT2D eigenvalue weighted by Crippen LogP contribution is 2.52. The van der Waals surface area contributed by atoms with Crippen LogP contribution in [-0.2, 0) is 5.41 Å². The molecule has 0 amide bonds. The van der Waals surface area contributed by atoms with E-state index in [-0.39, 0.29) is 5.41 Å². The van der Waals surface area contributed by atoms with Gasteiger partial charge in [-0.15, -0.1) is 22.7 Å². The number of hydrogen-bond acceptors (Lipinski definition) is 3. The summed E-state index contributed by atoms with van der Waals surface area (Å²) in [5.74, 6) is 0. The Bertz CT molecular complexity index is 2980. The monoisotopic (exact) mass is 689 g/mol. The van der Waals surface area contributed by atoms with Crippen LogP contribution in [0.4, 0.5) is 17.1 Å². The lowest BCUT2D eigenvalue weighted by Gasteiger charge is -2.29. The fraction of sp³-hybridized carbons (Fsp3) is 0.0833. The van der Waals surface area contributed by atoms with Crippen LogP contribution in [0.5, 0.6) is 0 Å². The van der Waals surface area contributed by atoms with Crippen LogP contribution in [0.3, 0.4) is 0 Å². The molecule has 51 heavy (non-hydrogen) atoms. The highest BCUT2D eigenvalue weighted by atomic mass is 32.1. The van der Waals surface area contributed by atoms with Crippen molar-refractivity contribution in [2.24, 2.45) is 0 Å². The van der Waals surface area contributed by atoms with Crippen molar-refractivity contribution in [2.45, 2.75) is 26.2 Å². The van der Waals surface area contributed by atoms with Gasteiger partial charge in [0.25, 0.3) is 0 Å². The van der Waals surface area contributed by atoms with Gasteiger partial charge < -0.3 is 4.90 Å². The van der Waals surface area contributed by atoms with Crippen molar-refractivity contribution in [3.05, 3.63) is 169 Å². The topological polar surface area (TPSA) is 3.24 Å². The minimum atomic E-state index is -0.178. The van der Waals surface area contributed by atoms with Gasteiger partial charge in [0.2, 0.25) is 0 Å². The summed E-state index contributed by atoms with van der Waals surface area (Å²) in [7, 11) is 0. The van der Waals surface area contributed by atoms with E-state index in [4.69, 9.17) is 0 Å². The van der Waals surface area contributed by atoms with Gasteiger partial charge in [0.05, 0.1) is 10.4 Å². The molecule has 10 rings (SSSR count). The van der Waals surface area contributed by atoms with Gasteiger partial charge in [-0.25, -0.2) is 0 Å². The van der Waals surface area contributed by atoms with Gasteiger partial charge in [-0.3, -0.25) is 0 Å². The lowest BCUT2D eigenvalue weighted by Crippen LogP contribution is -2.17. The smallest absolute Gasteiger partial charge is 0.0640 e. The lowest BCUT2D eigenvalue weighted by atomic mass is 9.81. The number of nitrogens with zero attached hydrogens (tertiary/aromatic N) is 1. The van der Waals surface area contributed by atoms with Crippen LogP contribution in [0.1, 0.15) is 31.9 Å². The zero-order chi connectivity index (χ0) is 34.4. The molecule has 3 heteroatoms. The summed E-state index contributed by atoms with van der Waals surface area (Å²) >= 11 is 3.79. The Labute approximate surface area is 305 Å². The van der Waals surface area contributed by atoms with Crippen LogP contribution < -0.4 is 4.90 Å². The van der Waals surface area contributed by atoms with Gasteiger partial charge in [0.1, 0.15) is 0 Å².